The maximum atomic E-state index is 10.2. The van der Waals surface area contributed by atoms with Gasteiger partial charge in [-0.25, -0.2) is 0 Å². The zero-order valence-corrected chi connectivity index (χ0v) is 7.53. The van der Waals surface area contributed by atoms with Crippen LogP contribution in [-0.2, 0) is 14.4 Å². The number of nitrogens with zero attached hydrogens (tertiary/aromatic N) is 1. The molecule has 0 fully saturated rings. The van der Waals surface area contributed by atoms with E-state index in [4.69, 9.17) is 5.73 Å². The molecule has 0 saturated carbocycles. The summed E-state index contributed by atoms with van der Waals surface area (Å²) in [6, 6.07) is 0. The van der Waals surface area contributed by atoms with Crippen molar-refractivity contribution in [2.45, 2.75) is 20.8 Å². The Bertz CT molecular complexity index is 177. The summed E-state index contributed by atoms with van der Waals surface area (Å²) in [5, 5.41) is 3.51. The van der Waals surface area contributed by atoms with Crippen LogP contribution < -0.4 is 5.73 Å². The molecule has 0 amide bonds. The first kappa shape index (κ1) is 10.7. The zero-order chi connectivity index (χ0) is 9.56. The standard InChI is InChI=1S/C7H14N2O3/c1-5(2)7(8)9-12-4-11-6(3)10/h5H,4H2,1-3H3,(H2,8,9). The third-order valence-corrected chi connectivity index (χ3v) is 1.08. The lowest BCUT2D eigenvalue weighted by molar-refractivity contribution is -0.153. The van der Waals surface area contributed by atoms with Crippen molar-refractivity contribution in [3.8, 4) is 0 Å². The second-order valence-electron chi connectivity index (χ2n) is 2.55. The third-order valence-electron chi connectivity index (χ3n) is 1.08. The minimum atomic E-state index is -0.409. The van der Waals surface area contributed by atoms with E-state index < -0.39 is 5.97 Å². The highest BCUT2D eigenvalue weighted by Crippen LogP contribution is 1.91. The summed E-state index contributed by atoms with van der Waals surface area (Å²) < 4.78 is 4.45. The number of carbonyl (C=O) groups is 1. The Morgan fingerprint density at radius 2 is 2.17 bits per heavy atom. The number of carbonyl (C=O) groups excluding carboxylic acids is 1. The summed E-state index contributed by atoms with van der Waals surface area (Å²) in [4.78, 5) is 14.8. The molecule has 0 bridgehead atoms. The summed E-state index contributed by atoms with van der Waals surface area (Å²) >= 11 is 0. The van der Waals surface area contributed by atoms with Crippen LogP contribution in [0.25, 0.3) is 0 Å². The van der Waals surface area contributed by atoms with E-state index in [9.17, 15) is 4.79 Å². The molecule has 0 saturated heterocycles. The molecule has 0 spiro atoms. The lowest BCUT2D eigenvalue weighted by Gasteiger charge is -2.03. The van der Waals surface area contributed by atoms with Gasteiger partial charge in [0.1, 0.15) is 5.84 Å². The Morgan fingerprint density at radius 1 is 1.58 bits per heavy atom. The average Bonchev–Trinajstić information content (AvgIpc) is 1.97. The molecular weight excluding hydrogens is 160 g/mol. The fraction of sp³-hybridized carbons (Fsp3) is 0.714. The minimum absolute atomic E-state index is 0.127. The molecule has 0 radical (unpaired) electrons. The van der Waals surface area contributed by atoms with Crippen LogP contribution in [0.4, 0.5) is 0 Å². The van der Waals surface area contributed by atoms with Gasteiger partial charge >= 0.3 is 5.97 Å². The van der Waals surface area contributed by atoms with Gasteiger partial charge in [0, 0.05) is 12.8 Å². The predicted molar refractivity (Wildman–Crippen MR) is 44.2 cm³/mol. The second-order valence-corrected chi connectivity index (χ2v) is 2.55. The van der Waals surface area contributed by atoms with Gasteiger partial charge in [-0.05, 0) is 0 Å². The summed E-state index contributed by atoms with van der Waals surface area (Å²) in [7, 11) is 0. The Morgan fingerprint density at radius 3 is 2.58 bits per heavy atom. The second kappa shape index (κ2) is 5.40. The molecule has 0 unspecified atom stereocenters. The van der Waals surface area contributed by atoms with E-state index in [1.165, 1.54) is 6.92 Å². The largest absolute Gasteiger partial charge is 0.426 e. The number of oxime groups is 1. The lowest BCUT2D eigenvalue weighted by atomic mass is 10.2. The average molecular weight is 174 g/mol. The summed E-state index contributed by atoms with van der Waals surface area (Å²) in [5.74, 6) is 0.0952. The Hall–Kier alpha value is -1.26. The number of hydrogen-bond donors (Lipinski definition) is 1. The van der Waals surface area contributed by atoms with Crippen LogP contribution >= 0.6 is 0 Å². The molecule has 0 heterocycles. The molecule has 70 valence electrons. The molecule has 0 atom stereocenters. The van der Waals surface area contributed by atoms with Crippen molar-refractivity contribution in [2.75, 3.05) is 6.79 Å². The van der Waals surface area contributed by atoms with Crippen LogP contribution in [0.1, 0.15) is 20.8 Å². The van der Waals surface area contributed by atoms with Crippen molar-refractivity contribution in [3.63, 3.8) is 0 Å². The molecule has 0 aromatic rings. The topological polar surface area (TPSA) is 73.9 Å². The van der Waals surface area contributed by atoms with Gasteiger partial charge in [-0.15, -0.1) is 0 Å². The summed E-state index contributed by atoms with van der Waals surface area (Å²) in [6.45, 7) is 4.86. The van der Waals surface area contributed by atoms with E-state index in [1.807, 2.05) is 13.8 Å². The number of hydrogen-bond acceptors (Lipinski definition) is 4. The molecule has 12 heavy (non-hydrogen) atoms. The molecule has 5 heteroatoms. The van der Waals surface area contributed by atoms with Crippen LogP contribution in [0.2, 0.25) is 0 Å². The molecule has 0 aromatic carbocycles. The van der Waals surface area contributed by atoms with Crippen molar-refractivity contribution < 1.29 is 14.4 Å². The normalized spacial score (nSPS) is 11.5. The number of rotatable bonds is 4. The molecule has 0 aromatic heterocycles. The van der Waals surface area contributed by atoms with Gasteiger partial charge in [0.25, 0.3) is 6.79 Å². The fourth-order valence-corrected chi connectivity index (χ4v) is 0.316. The molecule has 0 aliphatic rings. The SMILES string of the molecule is CC(=O)OCO/N=C(\N)C(C)C. The summed E-state index contributed by atoms with van der Waals surface area (Å²) in [6.07, 6.45) is 0. The van der Waals surface area contributed by atoms with Crippen molar-refractivity contribution >= 4 is 11.8 Å². The predicted octanol–water partition coefficient (Wildman–Crippen LogP) is 0.452. The van der Waals surface area contributed by atoms with Crippen molar-refractivity contribution in [1.29, 1.82) is 0 Å². The van der Waals surface area contributed by atoms with E-state index in [1.54, 1.807) is 0 Å². The Kier molecular flexibility index (Phi) is 4.83. The van der Waals surface area contributed by atoms with E-state index in [2.05, 4.69) is 14.7 Å². The van der Waals surface area contributed by atoms with Gasteiger partial charge in [-0.3, -0.25) is 4.79 Å². The lowest BCUT2D eigenvalue weighted by Crippen LogP contribution is -2.19. The van der Waals surface area contributed by atoms with Crippen LogP contribution in [0.15, 0.2) is 5.16 Å². The van der Waals surface area contributed by atoms with Crippen LogP contribution in [-0.4, -0.2) is 18.6 Å². The summed E-state index contributed by atoms with van der Waals surface area (Å²) in [5.41, 5.74) is 5.42. The van der Waals surface area contributed by atoms with Crippen LogP contribution in [0.5, 0.6) is 0 Å². The molecule has 2 N–H and O–H groups in total. The van der Waals surface area contributed by atoms with Gasteiger partial charge in [-0.2, -0.15) is 0 Å². The highest BCUT2D eigenvalue weighted by molar-refractivity contribution is 5.81. The maximum absolute atomic E-state index is 10.2. The first-order valence-electron chi connectivity index (χ1n) is 3.62. The van der Waals surface area contributed by atoms with E-state index in [-0.39, 0.29) is 12.7 Å². The fourth-order valence-electron chi connectivity index (χ4n) is 0.316. The van der Waals surface area contributed by atoms with Gasteiger partial charge in [0.2, 0.25) is 0 Å². The van der Waals surface area contributed by atoms with Gasteiger partial charge in [0.15, 0.2) is 0 Å². The first-order valence-corrected chi connectivity index (χ1v) is 3.62. The number of ether oxygens (including phenoxy) is 1. The molecule has 0 aliphatic heterocycles. The monoisotopic (exact) mass is 174 g/mol. The number of esters is 1. The number of nitrogens with two attached hydrogens (primary N) is 1. The molecular formula is C7H14N2O3. The van der Waals surface area contributed by atoms with E-state index in [0.717, 1.165) is 0 Å². The molecule has 0 aliphatic carbocycles. The van der Waals surface area contributed by atoms with Crippen molar-refractivity contribution in [2.24, 2.45) is 16.8 Å². The highest BCUT2D eigenvalue weighted by Gasteiger charge is 1.98. The number of amidine groups is 1. The zero-order valence-electron chi connectivity index (χ0n) is 7.53. The highest BCUT2D eigenvalue weighted by atomic mass is 16.8. The smallest absolute Gasteiger partial charge is 0.305 e. The Labute approximate surface area is 71.5 Å². The van der Waals surface area contributed by atoms with Crippen LogP contribution in [0, 0.1) is 5.92 Å². The van der Waals surface area contributed by atoms with Gasteiger partial charge in [0.05, 0.1) is 0 Å². The minimum Gasteiger partial charge on any atom is -0.426 e. The van der Waals surface area contributed by atoms with Gasteiger partial charge < -0.3 is 15.3 Å². The van der Waals surface area contributed by atoms with E-state index in [0.29, 0.717) is 5.84 Å². The molecule has 0 rings (SSSR count). The maximum Gasteiger partial charge on any atom is 0.305 e. The first-order chi connectivity index (χ1) is 5.54. The van der Waals surface area contributed by atoms with Gasteiger partial charge in [-0.1, -0.05) is 19.0 Å². The Balaban J connectivity index is 3.53. The van der Waals surface area contributed by atoms with E-state index >= 15 is 0 Å². The van der Waals surface area contributed by atoms with Crippen LogP contribution in [0.3, 0.4) is 0 Å². The quantitative estimate of drug-likeness (QED) is 0.168. The third kappa shape index (κ3) is 5.52. The van der Waals surface area contributed by atoms with Crippen molar-refractivity contribution in [3.05, 3.63) is 0 Å². The van der Waals surface area contributed by atoms with Crippen molar-refractivity contribution in [1.82, 2.24) is 0 Å². The molecule has 5 nitrogen and oxygen atoms in total.